The topological polar surface area (TPSA) is 72.7 Å². The van der Waals surface area contributed by atoms with Gasteiger partial charge in [-0.1, -0.05) is 32.0 Å². The number of hydrogen-bond acceptors (Lipinski definition) is 4. The molecule has 0 saturated heterocycles. The van der Waals surface area contributed by atoms with Gasteiger partial charge in [0.25, 0.3) is 5.91 Å². The lowest BCUT2D eigenvalue weighted by atomic mass is 10.1. The van der Waals surface area contributed by atoms with Gasteiger partial charge in [0.05, 0.1) is 6.04 Å². The molecule has 0 aliphatic carbocycles. The van der Waals surface area contributed by atoms with Crippen LogP contribution in [0.1, 0.15) is 42.7 Å². The van der Waals surface area contributed by atoms with E-state index in [9.17, 15) is 4.79 Å². The van der Waals surface area contributed by atoms with Crippen LogP contribution in [0.4, 0.5) is 0 Å². The minimum atomic E-state index is -0.135. The Balaban J connectivity index is 1.66. The number of carbonyl (C=O) groups excluding carboxylic acids is 1. The fraction of sp³-hybridized carbons (Fsp3) is 0.250. The van der Waals surface area contributed by atoms with Crippen LogP contribution >= 0.6 is 0 Å². The van der Waals surface area contributed by atoms with Gasteiger partial charge in [0, 0.05) is 36.3 Å². The Bertz CT molecular complexity index is 1170. The molecule has 0 bridgehead atoms. The lowest BCUT2D eigenvalue weighted by molar-refractivity contribution is 0.0940. The Morgan fingerprint density at radius 3 is 2.67 bits per heavy atom. The van der Waals surface area contributed by atoms with Crippen LogP contribution in [0.2, 0.25) is 0 Å². The van der Waals surface area contributed by atoms with Gasteiger partial charge in [0.1, 0.15) is 11.3 Å². The number of fused-ring (bicyclic) bond motifs is 1. The van der Waals surface area contributed by atoms with Crippen molar-refractivity contribution < 1.29 is 4.79 Å². The number of carbonyl (C=O) groups is 1. The fourth-order valence-corrected chi connectivity index (χ4v) is 3.51. The number of nitrogens with one attached hydrogen (secondary N) is 1. The molecule has 3 aromatic heterocycles. The molecule has 3 heterocycles. The first kappa shape index (κ1) is 19.8. The predicted octanol–water partition coefficient (Wildman–Crippen LogP) is 4.64. The molecule has 1 atom stereocenters. The number of imidazole rings is 1. The third kappa shape index (κ3) is 4.08. The van der Waals surface area contributed by atoms with Crippen molar-refractivity contribution in [3.05, 3.63) is 78.2 Å². The molecule has 152 valence electrons. The predicted molar refractivity (Wildman–Crippen MR) is 118 cm³/mol. The summed E-state index contributed by atoms with van der Waals surface area (Å²) >= 11 is 0. The molecule has 0 radical (unpaired) electrons. The van der Waals surface area contributed by atoms with Crippen molar-refractivity contribution in [2.24, 2.45) is 5.92 Å². The zero-order valence-electron chi connectivity index (χ0n) is 17.4. The summed E-state index contributed by atoms with van der Waals surface area (Å²) in [6.45, 7) is 7.09. The average molecular weight is 399 g/mol. The molecule has 0 saturated carbocycles. The van der Waals surface area contributed by atoms with Crippen molar-refractivity contribution in [1.29, 1.82) is 0 Å². The molecule has 0 aliphatic rings. The summed E-state index contributed by atoms with van der Waals surface area (Å²) in [4.78, 5) is 26.3. The van der Waals surface area contributed by atoms with Crippen LogP contribution in [0.3, 0.4) is 0 Å². The Morgan fingerprint density at radius 2 is 1.90 bits per heavy atom. The summed E-state index contributed by atoms with van der Waals surface area (Å²) in [6, 6.07) is 15.1. The minimum Gasteiger partial charge on any atom is -0.345 e. The van der Waals surface area contributed by atoms with Crippen LogP contribution in [0.25, 0.3) is 22.6 Å². The van der Waals surface area contributed by atoms with Gasteiger partial charge < -0.3 is 9.88 Å². The lowest BCUT2D eigenvalue weighted by Crippen LogP contribution is -2.26. The summed E-state index contributed by atoms with van der Waals surface area (Å²) in [5.41, 5.74) is 4.18. The quantitative estimate of drug-likeness (QED) is 0.513. The van der Waals surface area contributed by atoms with Crippen LogP contribution in [0.5, 0.6) is 0 Å². The number of aromatic nitrogens is 4. The van der Waals surface area contributed by atoms with Crippen LogP contribution in [-0.4, -0.2) is 25.4 Å². The SMILES string of the molecule is CC(C)Cn1c(-c2cccc(C(=O)NC(C)c3cccnc3)c2)nc2cccnc21. The average Bonchev–Trinajstić information content (AvgIpc) is 3.12. The van der Waals surface area contributed by atoms with Crippen molar-refractivity contribution in [2.45, 2.75) is 33.4 Å². The molecule has 1 aromatic carbocycles. The van der Waals surface area contributed by atoms with E-state index in [0.29, 0.717) is 11.5 Å². The monoisotopic (exact) mass is 399 g/mol. The molecule has 0 fully saturated rings. The molecule has 6 heteroatoms. The highest BCUT2D eigenvalue weighted by Crippen LogP contribution is 2.25. The third-order valence-electron chi connectivity index (χ3n) is 4.97. The highest BCUT2D eigenvalue weighted by Gasteiger charge is 2.17. The molecular formula is C24H25N5O. The lowest BCUT2D eigenvalue weighted by Gasteiger charge is -2.15. The van der Waals surface area contributed by atoms with Crippen molar-refractivity contribution >= 4 is 17.1 Å². The van der Waals surface area contributed by atoms with Gasteiger partial charge in [-0.3, -0.25) is 9.78 Å². The Kier molecular flexibility index (Phi) is 5.57. The van der Waals surface area contributed by atoms with E-state index in [1.807, 2.05) is 55.5 Å². The van der Waals surface area contributed by atoms with E-state index >= 15 is 0 Å². The number of rotatable bonds is 6. The van der Waals surface area contributed by atoms with Crippen LogP contribution < -0.4 is 5.32 Å². The second-order valence-electron chi connectivity index (χ2n) is 7.85. The van der Waals surface area contributed by atoms with Gasteiger partial charge in [-0.05, 0) is 48.7 Å². The van der Waals surface area contributed by atoms with E-state index in [0.717, 1.165) is 34.7 Å². The highest BCUT2D eigenvalue weighted by molar-refractivity contribution is 5.95. The summed E-state index contributed by atoms with van der Waals surface area (Å²) in [5, 5.41) is 3.05. The first-order valence-corrected chi connectivity index (χ1v) is 10.2. The van der Waals surface area contributed by atoms with Crippen molar-refractivity contribution in [1.82, 2.24) is 24.8 Å². The zero-order valence-corrected chi connectivity index (χ0v) is 17.4. The second kappa shape index (κ2) is 8.45. The van der Waals surface area contributed by atoms with Crippen molar-refractivity contribution in [2.75, 3.05) is 0 Å². The smallest absolute Gasteiger partial charge is 0.251 e. The number of pyridine rings is 2. The maximum atomic E-state index is 12.9. The van der Waals surface area contributed by atoms with E-state index < -0.39 is 0 Å². The fourth-order valence-electron chi connectivity index (χ4n) is 3.51. The van der Waals surface area contributed by atoms with Crippen LogP contribution in [0.15, 0.2) is 67.1 Å². The van der Waals surface area contributed by atoms with Gasteiger partial charge >= 0.3 is 0 Å². The van der Waals surface area contributed by atoms with E-state index in [-0.39, 0.29) is 11.9 Å². The van der Waals surface area contributed by atoms with Gasteiger partial charge in [-0.25, -0.2) is 9.97 Å². The van der Waals surface area contributed by atoms with E-state index in [1.165, 1.54) is 0 Å². The first-order valence-electron chi connectivity index (χ1n) is 10.2. The van der Waals surface area contributed by atoms with Crippen LogP contribution in [0, 0.1) is 5.92 Å². The molecule has 30 heavy (non-hydrogen) atoms. The molecule has 1 unspecified atom stereocenters. The van der Waals surface area contributed by atoms with Gasteiger partial charge in [-0.15, -0.1) is 0 Å². The van der Waals surface area contributed by atoms with Crippen LogP contribution in [-0.2, 0) is 6.54 Å². The molecule has 0 spiro atoms. The Morgan fingerprint density at radius 1 is 1.07 bits per heavy atom. The molecule has 1 amide bonds. The summed E-state index contributed by atoms with van der Waals surface area (Å²) in [6.07, 6.45) is 5.27. The maximum Gasteiger partial charge on any atom is 0.251 e. The molecule has 0 aliphatic heterocycles. The summed E-state index contributed by atoms with van der Waals surface area (Å²) in [5.74, 6) is 1.14. The van der Waals surface area contributed by atoms with Gasteiger partial charge in [0.15, 0.2) is 5.65 Å². The highest BCUT2D eigenvalue weighted by atomic mass is 16.1. The number of benzene rings is 1. The molecule has 4 rings (SSSR count). The van der Waals surface area contributed by atoms with Crippen molar-refractivity contribution in [3.63, 3.8) is 0 Å². The largest absolute Gasteiger partial charge is 0.345 e. The van der Waals surface area contributed by atoms with Gasteiger partial charge in [-0.2, -0.15) is 0 Å². The molecule has 6 nitrogen and oxygen atoms in total. The van der Waals surface area contributed by atoms with E-state index in [1.54, 1.807) is 18.6 Å². The third-order valence-corrected chi connectivity index (χ3v) is 4.97. The van der Waals surface area contributed by atoms with Gasteiger partial charge in [0.2, 0.25) is 0 Å². The zero-order chi connectivity index (χ0) is 21.1. The maximum absolute atomic E-state index is 12.9. The van der Waals surface area contributed by atoms with Crippen molar-refractivity contribution in [3.8, 4) is 11.4 Å². The summed E-state index contributed by atoms with van der Waals surface area (Å²) in [7, 11) is 0. The standard InChI is InChI=1S/C24H25N5O/c1-16(2)15-29-22(28-21-10-6-12-26-23(21)29)18-7-4-8-19(13-18)24(30)27-17(3)20-9-5-11-25-14-20/h4-14,16-17H,15H2,1-3H3,(H,27,30). The minimum absolute atomic E-state index is 0.127. The summed E-state index contributed by atoms with van der Waals surface area (Å²) < 4.78 is 2.13. The van der Waals surface area contributed by atoms with E-state index in [4.69, 9.17) is 4.98 Å². The number of amides is 1. The first-order chi connectivity index (χ1) is 14.5. The Hall–Kier alpha value is -3.54. The Labute approximate surface area is 176 Å². The number of nitrogens with zero attached hydrogens (tertiary/aromatic N) is 4. The van der Waals surface area contributed by atoms with E-state index in [2.05, 4.69) is 33.7 Å². The molecule has 4 aromatic rings. The molecular weight excluding hydrogens is 374 g/mol. The molecule has 1 N–H and O–H groups in total. The second-order valence-corrected chi connectivity index (χ2v) is 7.85. The normalized spacial score (nSPS) is 12.3. The number of hydrogen-bond donors (Lipinski definition) is 1.